The van der Waals surface area contributed by atoms with Crippen molar-refractivity contribution in [1.29, 1.82) is 0 Å². The van der Waals surface area contributed by atoms with Crippen LogP contribution >= 0.6 is 11.8 Å². The second-order valence-electron chi connectivity index (χ2n) is 5.08. The molecule has 0 spiro atoms. The lowest BCUT2D eigenvalue weighted by Gasteiger charge is -2.36. The standard InChI is InChI=1S/C15H19N3S/c1-10-9-13(19-15-17-7-8-18-15)14(16-2)12-6-4-3-5-11(10)12/h3-8,10,13-14,16H,9H2,1-2H3,(H,17,18). The van der Waals surface area contributed by atoms with Crippen LogP contribution in [0.4, 0.5) is 0 Å². The monoisotopic (exact) mass is 273 g/mol. The van der Waals surface area contributed by atoms with Crippen molar-refractivity contribution >= 4 is 11.8 Å². The van der Waals surface area contributed by atoms with E-state index in [1.807, 2.05) is 31.2 Å². The van der Waals surface area contributed by atoms with E-state index >= 15 is 0 Å². The highest BCUT2D eigenvalue weighted by Crippen LogP contribution is 2.43. The van der Waals surface area contributed by atoms with Crippen molar-refractivity contribution in [3.8, 4) is 0 Å². The fourth-order valence-electron chi connectivity index (χ4n) is 2.97. The Kier molecular flexibility index (Phi) is 3.62. The number of H-pyrrole nitrogens is 1. The molecule has 3 rings (SSSR count). The molecular formula is C15H19N3S. The number of aromatic amines is 1. The molecule has 1 heterocycles. The molecule has 1 aliphatic carbocycles. The molecule has 0 saturated heterocycles. The molecule has 0 amide bonds. The van der Waals surface area contributed by atoms with E-state index < -0.39 is 0 Å². The van der Waals surface area contributed by atoms with Gasteiger partial charge in [-0.25, -0.2) is 4.98 Å². The molecule has 0 bridgehead atoms. The molecule has 1 aromatic heterocycles. The molecule has 0 radical (unpaired) electrons. The van der Waals surface area contributed by atoms with E-state index in [0.717, 1.165) is 5.16 Å². The summed E-state index contributed by atoms with van der Waals surface area (Å²) in [6, 6.07) is 9.18. The number of hydrogen-bond donors (Lipinski definition) is 2. The molecule has 3 atom stereocenters. The number of aromatic nitrogens is 2. The highest BCUT2D eigenvalue weighted by atomic mass is 32.2. The number of benzene rings is 1. The Morgan fingerprint density at radius 1 is 1.32 bits per heavy atom. The quantitative estimate of drug-likeness (QED) is 0.901. The van der Waals surface area contributed by atoms with Crippen molar-refractivity contribution in [2.24, 2.45) is 0 Å². The third-order valence-corrected chi connectivity index (χ3v) is 5.08. The van der Waals surface area contributed by atoms with E-state index in [9.17, 15) is 0 Å². The lowest BCUT2D eigenvalue weighted by Crippen LogP contribution is -2.33. The minimum Gasteiger partial charge on any atom is -0.340 e. The topological polar surface area (TPSA) is 40.7 Å². The summed E-state index contributed by atoms with van der Waals surface area (Å²) in [6.07, 6.45) is 4.88. The number of hydrogen-bond acceptors (Lipinski definition) is 3. The molecule has 0 aliphatic heterocycles. The largest absolute Gasteiger partial charge is 0.340 e. The Morgan fingerprint density at radius 3 is 2.79 bits per heavy atom. The first-order valence-corrected chi connectivity index (χ1v) is 7.59. The van der Waals surface area contributed by atoms with E-state index in [4.69, 9.17) is 0 Å². The van der Waals surface area contributed by atoms with Crippen LogP contribution in [0.15, 0.2) is 41.8 Å². The zero-order valence-corrected chi connectivity index (χ0v) is 12.1. The van der Waals surface area contributed by atoms with Crippen molar-refractivity contribution in [2.45, 2.75) is 35.7 Å². The molecule has 0 saturated carbocycles. The molecule has 3 unspecified atom stereocenters. The molecule has 2 N–H and O–H groups in total. The van der Waals surface area contributed by atoms with Gasteiger partial charge in [0.1, 0.15) is 0 Å². The molecule has 19 heavy (non-hydrogen) atoms. The van der Waals surface area contributed by atoms with Crippen molar-refractivity contribution in [1.82, 2.24) is 15.3 Å². The zero-order chi connectivity index (χ0) is 13.2. The first kappa shape index (κ1) is 12.8. The van der Waals surface area contributed by atoms with Crippen molar-refractivity contribution in [3.63, 3.8) is 0 Å². The minimum absolute atomic E-state index is 0.391. The Labute approximate surface area is 118 Å². The summed E-state index contributed by atoms with van der Waals surface area (Å²) in [4.78, 5) is 7.53. The van der Waals surface area contributed by atoms with Crippen LogP contribution in [0, 0.1) is 0 Å². The molecule has 3 nitrogen and oxygen atoms in total. The second-order valence-corrected chi connectivity index (χ2v) is 6.31. The number of thioether (sulfide) groups is 1. The average Bonchev–Trinajstić information content (AvgIpc) is 2.92. The fraction of sp³-hybridized carbons (Fsp3) is 0.400. The Hall–Kier alpha value is -1.26. The molecule has 1 aromatic carbocycles. The summed E-state index contributed by atoms with van der Waals surface area (Å²) < 4.78 is 0. The molecule has 0 fully saturated rings. The van der Waals surface area contributed by atoms with E-state index in [2.05, 4.69) is 46.5 Å². The van der Waals surface area contributed by atoms with Gasteiger partial charge in [-0.2, -0.15) is 0 Å². The first-order chi connectivity index (χ1) is 9.29. The summed E-state index contributed by atoms with van der Waals surface area (Å²) in [5.41, 5.74) is 2.92. The van der Waals surface area contributed by atoms with Gasteiger partial charge in [0.15, 0.2) is 5.16 Å². The predicted octanol–water partition coefficient (Wildman–Crippen LogP) is 3.34. The fourth-order valence-corrected chi connectivity index (χ4v) is 4.32. The van der Waals surface area contributed by atoms with E-state index in [0.29, 0.717) is 17.2 Å². The van der Waals surface area contributed by atoms with Crippen LogP contribution in [0.25, 0.3) is 0 Å². The van der Waals surface area contributed by atoms with Gasteiger partial charge in [0.05, 0.1) is 0 Å². The van der Waals surface area contributed by atoms with Gasteiger partial charge in [-0.05, 0) is 30.5 Å². The van der Waals surface area contributed by atoms with Crippen molar-refractivity contribution in [2.75, 3.05) is 7.05 Å². The highest BCUT2D eigenvalue weighted by Gasteiger charge is 2.33. The maximum Gasteiger partial charge on any atom is 0.165 e. The van der Waals surface area contributed by atoms with Gasteiger partial charge in [0.2, 0.25) is 0 Å². The summed E-state index contributed by atoms with van der Waals surface area (Å²) >= 11 is 1.84. The number of rotatable bonds is 3. The number of nitrogens with one attached hydrogen (secondary N) is 2. The second kappa shape index (κ2) is 5.39. The number of nitrogens with zero attached hydrogens (tertiary/aromatic N) is 1. The van der Waals surface area contributed by atoms with Crippen LogP contribution in [-0.2, 0) is 0 Å². The van der Waals surface area contributed by atoms with Gasteiger partial charge in [0.25, 0.3) is 0 Å². The maximum absolute atomic E-state index is 4.34. The lowest BCUT2D eigenvalue weighted by molar-refractivity contribution is 0.472. The normalized spacial score (nSPS) is 26.1. The molecule has 4 heteroatoms. The van der Waals surface area contributed by atoms with Crippen LogP contribution in [0.2, 0.25) is 0 Å². The summed E-state index contributed by atoms with van der Waals surface area (Å²) in [5.74, 6) is 0.605. The third kappa shape index (κ3) is 2.42. The lowest BCUT2D eigenvalue weighted by atomic mass is 9.81. The predicted molar refractivity (Wildman–Crippen MR) is 79.5 cm³/mol. The first-order valence-electron chi connectivity index (χ1n) is 6.71. The third-order valence-electron chi connectivity index (χ3n) is 3.87. The average molecular weight is 273 g/mol. The molecular weight excluding hydrogens is 254 g/mol. The van der Waals surface area contributed by atoms with Crippen LogP contribution in [0.5, 0.6) is 0 Å². The molecule has 1 aliphatic rings. The van der Waals surface area contributed by atoms with Crippen LogP contribution < -0.4 is 5.32 Å². The van der Waals surface area contributed by atoms with Crippen LogP contribution in [-0.4, -0.2) is 22.3 Å². The summed E-state index contributed by atoms with van der Waals surface area (Å²) in [5, 5.41) is 5.01. The van der Waals surface area contributed by atoms with Crippen LogP contribution in [0.3, 0.4) is 0 Å². The van der Waals surface area contributed by atoms with Crippen molar-refractivity contribution < 1.29 is 0 Å². The zero-order valence-electron chi connectivity index (χ0n) is 11.3. The summed E-state index contributed by atoms with van der Waals surface area (Å²) in [7, 11) is 2.05. The van der Waals surface area contributed by atoms with E-state index in [1.165, 1.54) is 17.5 Å². The maximum atomic E-state index is 4.34. The Bertz CT molecular complexity index is 538. The number of fused-ring (bicyclic) bond motifs is 1. The van der Waals surface area contributed by atoms with E-state index in [1.54, 1.807) is 0 Å². The van der Waals surface area contributed by atoms with Gasteiger partial charge in [-0.1, -0.05) is 43.0 Å². The summed E-state index contributed by atoms with van der Waals surface area (Å²) in [6.45, 7) is 2.32. The molecule has 100 valence electrons. The smallest absolute Gasteiger partial charge is 0.165 e. The molecule has 2 aromatic rings. The number of imidazole rings is 1. The van der Waals surface area contributed by atoms with Gasteiger partial charge in [-0.15, -0.1) is 0 Å². The van der Waals surface area contributed by atoms with Gasteiger partial charge >= 0.3 is 0 Å². The van der Waals surface area contributed by atoms with Crippen molar-refractivity contribution in [3.05, 3.63) is 47.8 Å². The van der Waals surface area contributed by atoms with Gasteiger partial charge < -0.3 is 10.3 Å². The van der Waals surface area contributed by atoms with Gasteiger partial charge in [0, 0.05) is 23.7 Å². The van der Waals surface area contributed by atoms with E-state index in [-0.39, 0.29) is 0 Å². The Morgan fingerprint density at radius 2 is 2.11 bits per heavy atom. The van der Waals surface area contributed by atoms with Crippen LogP contribution in [0.1, 0.15) is 36.4 Å². The minimum atomic E-state index is 0.391. The highest BCUT2D eigenvalue weighted by molar-refractivity contribution is 7.99. The Balaban J connectivity index is 1.91. The van der Waals surface area contributed by atoms with Gasteiger partial charge in [-0.3, -0.25) is 0 Å². The SMILES string of the molecule is CNC1c2ccccc2C(C)CC1Sc1ncc[nH]1.